The Kier molecular flexibility index (Phi) is 5.96. The van der Waals surface area contributed by atoms with Crippen LogP contribution in [0.4, 0.5) is 4.79 Å². The van der Waals surface area contributed by atoms with Gasteiger partial charge in [0.1, 0.15) is 12.6 Å². The van der Waals surface area contributed by atoms with Gasteiger partial charge in [-0.3, -0.25) is 4.79 Å². The van der Waals surface area contributed by atoms with Gasteiger partial charge < -0.3 is 29.6 Å². The number of carbonyl (C=O) groups is 3. The number of ether oxygens (including phenoxy) is 1. The Morgan fingerprint density at radius 1 is 1.09 bits per heavy atom. The van der Waals surface area contributed by atoms with Gasteiger partial charge >= 0.3 is 12.1 Å². The van der Waals surface area contributed by atoms with Gasteiger partial charge in [-0.15, -0.1) is 0 Å². The minimum atomic E-state index is -1.21. The first-order valence-corrected chi connectivity index (χ1v) is 11.2. The Bertz CT molecular complexity index is 1240. The number of hydrogen-bond donors (Lipinski definition) is 3. The highest BCUT2D eigenvalue weighted by molar-refractivity contribution is 5.96. The number of nitrogens with one attached hydrogen (secondary N) is 1. The molecule has 1 fully saturated rings. The molecule has 10 heteroatoms. The fourth-order valence-corrected chi connectivity index (χ4v) is 4.78. The van der Waals surface area contributed by atoms with E-state index in [0.29, 0.717) is 0 Å². The van der Waals surface area contributed by atoms with E-state index >= 15 is 0 Å². The second-order valence-electron chi connectivity index (χ2n) is 8.50. The number of benzene rings is 2. The molecular formula is C25H23N3O7. The van der Waals surface area contributed by atoms with Gasteiger partial charge in [0.25, 0.3) is 5.91 Å². The number of aromatic nitrogens is 1. The quantitative estimate of drug-likeness (QED) is 0.491. The van der Waals surface area contributed by atoms with Gasteiger partial charge in [0.15, 0.2) is 17.8 Å². The largest absolute Gasteiger partial charge is 0.480 e. The maximum atomic E-state index is 12.9. The SMILES string of the molecule is O=C(NCc1ocnc1C(=O)N1C[C@H](O)C[C@H]1C(=O)O)OCC1c2ccccc2-c2ccccc21. The third-order valence-electron chi connectivity index (χ3n) is 6.41. The summed E-state index contributed by atoms with van der Waals surface area (Å²) in [6.07, 6.45) is -0.646. The fraction of sp³-hybridized carbons (Fsp3) is 0.280. The second kappa shape index (κ2) is 9.22. The van der Waals surface area contributed by atoms with E-state index in [4.69, 9.17) is 9.15 Å². The van der Waals surface area contributed by atoms with E-state index in [1.165, 1.54) is 0 Å². The molecule has 3 N–H and O–H groups in total. The summed E-state index contributed by atoms with van der Waals surface area (Å²) in [6, 6.07) is 14.8. The number of aliphatic hydroxyl groups excluding tert-OH is 1. The van der Waals surface area contributed by atoms with E-state index in [9.17, 15) is 24.6 Å². The number of alkyl carbamates (subject to hydrolysis) is 1. The van der Waals surface area contributed by atoms with Crippen LogP contribution in [-0.2, 0) is 16.1 Å². The number of nitrogens with zero attached hydrogens (tertiary/aromatic N) is 2. The van der Waals surface area contributed by atoms with Crippen molar-refractivity contribution in [3.8, 4) is 11.1 Å². The van der Waals surface area contributed by atoms with Crippen molar-refractivity contribution in [3.05, 3.63) is 77.5 Å². The van der Waals surface area contributed by atoms with Crippen LogP contribution in [0.5, 0.6) is 0 Å². The normalized spacial score (nSPS) is 18.7. The summed E-state index contributed by atoms with van der Waals surface area (Å²) in [5.74, 6) is -1.93. The molecule has 2 heterocycles. The van der Waals surface area contributed by atoms with Crippen molar-refractivity contribution in [3.63, 3.8) is 0 Å². The minimum absolute atomic E-state index is 0.0632. The number of aliphatic carboxylic acids is 1. The summed E-state index contributed by atoms with van der Waals surface area (Å²) in [4.78, 5) is 41.7. The molecule has 1 aliphatic heterocycles. The third kappa shape index (κ3) is 4.24. The Morgan fingerprint density at radius 2 is 1.74 bits per heavy atom. The van der Waals surface area contributed by atoms with Crippen molar-refractivity contribution in [1.29, 1.82) is 0 Å². The molecule has 0 spiro atoms. The van der Waals surface area contributed by atoms with Gasteiger partial charge in [0.05, 0.1) is 12.6 Å². The standard InChI is InChI=1S/C25H23N3O7/c29-14-9-20(24(31)32)28(11-14)23(30)22-21(35-13-27-22)10-26-25(33)34-12-19-17-7-3-1-5-15(17)16-6-2-4-8-18(16)19/h1-8,13-14,19-20,29H,9-12H2,(H,26,33)(H,31,32)/t14-,20+/m1/s1. The van der Waals surface area contributed by atoms with Gasteiger partial charge in [0.2, 0.25) is 0 Å². The molecule has 5 rings (SSSR count). The van der Waals surface area contributed by atoms with Crippen LogP contribution in [0, 0.1) is 0 Å². The topological polar surface area (TPSA) is 142 Å². The lowest BCUT2D eigenvalue weighted by Crippen LogP contribution is -2.41. The fourth-order valence-electron chi connectivity index (χ4n) is 4.78. The average Bonchev–Trinajstić information content (AvgIpc) is 3.57. The molecule has 10 nitrogen and oxygen atoms in total. The Balaban J connectivity index is 1.22. The van der Waals surface area contributed by atoms with Gasteiger partial charge in [-0.2, -0.15) is 0 Å². The first kappa shape index (κ1) is 22.6. The highest BCUT2D eigenvalue weighted by Gasteiger charge is 2.40. The van der Waals surface area contributed by atoms with E-state index in [2.05, 4.69) is 10.3 Å². The van der Waals surface area contributed by atoms with Gasteiger partial charge in [-0.1, -0.05) is 48.5 Å². The van der Waals surface area contributed by atoms with E-state index in [-0.39, 0.29) is 43.5 Å². The van der Waals surface area contributed by atoms with Crippen LogP contribution < -0.4 is 5.32 Å². The number of likely N-dealkylation sites (tertiary alicyclic amines) is 1. The number of aliphatic hydroxyl groups is 1. The third-order valence-corrected chi connectivity index (χ3v) is 6.41. The van der Waals surface area contributed by atoms with Crippen LogP contribution in [0.15, 0.2) is 59.3 Å². The van der Waals surface area contributed by atoms with E-state index < -0.39 is 30.1 Å². The zero-order valence-corrected chi connectivity index (χ0v) is 18.6. The number of carbonyl (C=O) groups excluding carboxylic acids is 2. The molecule has 0 unspecified atom stereocenters. The maximum Gasteiger partial charge on any atom is 0.407 e. The van der Waals surface area contributed by atoms with Gasteiger partial charge in [0, 0.05) is 18.9 Å². The molecule has 2 aromatic carbocycles. The number of fused-ring (bicyclic) bond motifs is 3. The van der Waals surface area contributed by atoms with Crippen molar-refractivity contribution in [2.45, 2.75) is 31.0 Å². The maximum absolute atomic E-state index is 12.9. The summed E-state index contributed by atoms with van der Waals surface area (Å²) in [5, 5.41) is 21.7. The van der Waals surface area contributed by atoms with E-state index in [0.717, 1.165) is 33.5 Å². The summed E-state index contributed by atoms with van der Waals surface area (Å²) in [5.41, 5.74) is 4.29. The predicted octanol–water partition coefficient (Wildman–Crippen LogP) is 2.37. The van der Waals surface area contributed by atoms with Crippen LogP contribution in [0.2, 0.25) is 0 Å². The lowest BCUT2D eigenvalue weighted by molar-refractivity contribution is -0.141. The number of amides is 2. The Labute approximate surface area is 200 Å². The summed E-state index contributed by atoms with van der Waals surface area (Å²) in [6.45, 7) is -0.165. The number of oxazole rings is 1. The molecule has 1 aromatic heterocycles. The summed E-state index contributed by atoms with van der Waals surface area (Å²) >= 11 is 0. The molecule has 2 aliphatic rings. The first-order valence-electron chi connectivity index (χ1n) is 11.2. The molecule has 180 valence electrons. The zero-order chi connectivity index (χ0) is 24.5. The van der Waals surface area contributed by atoms with Crippen LogP contribution >= 0.6 is 0 Å². The van der Waals surface area contributed by atoms with Crippen LogP contribution in [0.25, 0.3) is 11.1 Å². The number of carboxylic acid groups (broad SMARTS) is 1. The van der Waals surface area contributed by atoms with Crippen molar-refractivity contribution >= 4 is 18.0 Å². The monoisotopic (exact) mass is 477 g/mol. The molecular weight excluding hydrogens is 454 g/mol. The molecule has 2 atom stereocenters. The van der Waals surface area contributed by atoms with Gasteiger partial charge in [-0.25, -0.2) is 14.6 Å². The molecule has 0 saturated carbocycles. The van der Waals surface area contributed by atoms with Crippen molar-refractivity contribution in [1.82, 2.24) is 15.2 Å². The second-order valence-corrected chi connectivity index (χ2v) is 8.50. The number of carboxylic acids is 1. The Morgan fingerprint density at radius 3 is 2.40 bits per heavy atom. The summed E-state index contributed by atoms with van der Waals surface area (Å²) < 4.78 is 10.7. The van der Waals surface area contributed by atoms with E-state index in [1.807, 2.05) is 48.5 Å². The predicted molar refractivity (Wildman–Crippen MR) is 121 cm³/mol. The molecule has 0 radical (unpaired) electrons. The summed E-state index contributed by atoms with van der Waals surface area (Å²) in [7, 11) is 0. The first-order chi connectivity index (χ1) is 16.9. The molecule has 35 heavy (non-hydrogen) atoms. The highest BCUT2D eigenvalue weighted by Crippen LogP contribution is 2.44. The van der Waals surface area contributed by atoms with Crippen molar-refractivity contribution < 1.29 is 33.8 Å². The molecule has 0 bridgehead atoms. The Hall–Kier alpha value is -4.18. The number of β-amino-alcohol motifs (C(OH)–C–C–N with tert-alkyl or cyclic N) is 1. The van der Waals surface area contributed by atoms with Crippen molar-refractivity contribution in [2.75, 3.05) is 13.2 Å². The van der Waals surface area contributed by atoms with E-state index in [1.54, 1.807) is 0 Å². The van der Waals surface area contributed by atoms with Crippen molar-refractivity contribution in [2.24, 2.45) is 0 Å². The van der Waals surface area contributed by atoms with Crippen LogP contribution in [-0.4, -0.2) is 63.4 Å². The highest BCUT2D eigenvalue weighted by atomic mass is 16.5. The molecule has 2 amide bonds. The molecule has 3 aromatic rings. The molecule has 1 saturated heterocycles. The lowest BCUT2D eigenvalue weighted by Gasteiger charge is -2.20. The zero-order valence-electron chi connectivity index (χ0n) is 18.6. The molecule has 1 aliphatic carbocycles. The van der Waals surface area contributed by atoms with Crippen LogP contribution in [0.3, 0.4) is 0 Å². The smallest absolute Gasteiger partial charge is 0.407 e. The van der Waals surface area contributed by atoms with Gasteiger partial charge in [-0.05, 0) is 22.3 Å². The number of hydrogen-bond acceptors (Lipinski definition) is 7. The number of rotatable bonds is 6. The minimum Gasteiger partial charge on any atom is -0.480 e. The average molecular weight is 477 g/mol. The van der Waals surface area contributed by atoms with Crippen LogP contribution in [0.1, 0.15) is 39.7 Å². The lowest BCUT2D eigenvalue weighted by atomic mass is 9.98.